The molecule has 0 aliphatic rings. The van der Waals surface area contributed by atoms with Crippen LogP contribution in [0, 0.1) is 13.8 Å². The molecule has 2 atom stereocenters. The summed E-state index contributed by atoms with van der Waals surface area (Å²) in [4.78, 5) is 47.2. The number of aliphatic carboxylic acids is 2. The van der Waals surface area contributed by atoms with E-state index in [0.717, 1.165) is 11.1 Å². The third-order valence-electron chi connectivity index (χ3n) is 3.79. The number of benzene rings is 2. The highest BCUT2D eigenvalue weighted by atomic mass is 16.6. The summed E-state index contributed by atoms with van der Waals surface area (Å²) < 4.78 is 9.54. The van der Waals surface area contributed by atoms with Crippen molar-refractivity contribution >= 4 is 23.9 Å². The molecule has 8 heteroatoms. The Morgan fingerprint density at radius 3 is 1.43 bits per heavy atom. The van der Waals surface area contributed by atoms with Gasteiger partial charge in [0, 0.05) is 0 Å². The van der Waals surface area contributed by atoms with Crippen molar-refractivity contribution in [3.63, 3.8) is 0 Å². The molecule has 0 aliphatic heterocycles. The van der Waals surface area contributed by atoms with Gasteiger partial charge in [-0.25, -0.2) is 14.4 Å². The molecule has 0 spiro atoms. The van der Waals surface area contributed by atoms with E-state index in [1.807, 2.05) is 0 Å². The second-order valence-electron chi connectivity index (χ2n) is 6.04. The van der Waals surface area contributed by atoms with Crippen molar-refractivity contribution in [1.29, 1.82) is 0 Å². The lowest BCUT2D eigenvalue weighted by Crippen LogP contribution is -2.51. The molecule has 0 aliphatic carbocycles. The number of esters is 2. The van der Waals surface area contributed by atoms with E-state index < -0.39 is 36.1 Å². The zero-order chi connectivity index (χ0) is 20.8. The maximum atomic E-state index is 12.2. The quantitative estimate of drug-likeness (QED) is 0.696. The van der Waals surface area contributed by atoms with Gasteiger partial charge in [0.2, 0.25) is 6.10 Å². The van der Waals surface area contributed by atoms with E-state index in [9.17, 15) is 29.4 Å². The van der Waals surface area contributed by atoms with Crippen molar-refractivity contribution in [2.24, 2.45) is 0 Å². The molecule has 2 aromatic rings. The van der Waals surface area contributed by atoms with Crippen molar-refractivity contribution in [3.8, 4) is 0 Å². The molecule has 28 heavy (non-hydrogen) atoms. The van der Waals surface area contributed by atoms with Crippen molar-refractivity contribution in [3.05, 3.63) is 70.8 Å². The summed E-state index contributed by atoms with van der Waals surface area (Å²) in [5, 5.41) is 20.7. The normalized spacial score (nSPS) is 12.5. The summed E-state index contributed by atoms with van der Waals surface area (Å²) in [6, 6.07) is 11.9. The first-order valence-electron chi connectivity index (χ1n) is 8.18. The second-order valence-corrected chi connectivity index (χ2v) is 6.04. The molecule has 146 valence electrons. The van der Waals surface area contributed by atoms with Gasteiger partial charge in [0.1, 0.15) is 0 Å². The van der Waals surface area contributed by atoms with Crippen molar-refractivity contribution in [1.82, 2.24) is 0 Å². The number of carbonyl (C=O) groups excluding carboxylic acids is 3. The van der Waals surface area contributed by atoms with Crippen LogP contribution in [0.15, 0.2) is 48.5 Å². The third kappa shape index (κ3) is 5.16. The maximum Gasteiger partial charge on any atom is 0.349 e. The average Bonchev–Trinajstić information content (AvgIpc) is 2.64. The molecule has 0 amide bonds. The molecule has 1 N–H and O–H groups in total. The Hall–Kier alpha value is -3.68. The number of carboxylic acids is 2. The summed E-state index contributed by atoms with van der Waals surface area (Å²) in [6.07, 6.45) is -4.62. The fourth-order valence-electron chi connectivity index (χ4n) is 2.22. The van der Waals surface area contributed by atoms with E-state index in [1.165, 1.54) is 24.3 Å². The SMILES string of the molecule is Cc1ccc(C(=O)O[C@H](C(=O)O)[C@@H](OC(=O)c2ccc(C)cc2)C(=O)[O-])cc1. The molecule has 0 unspecified atom stereocenters. The van der Waals surface area contributed by atoms with Crippen LogP contribution in [-0.4, -0.2) is 41.2 Å². The lowest BCUT2D eigenvalue weighted by Gasteiger charge is -2.24. The van der Waals surface area contributed by atoms with Crippen LogP contribution in [-0.2, 0) is 19.1 Å². The average molecular weight is 385 g/mol. The minimum absolute atomic E-state index is 0.00542. The maximum absolute atomic E-state index is 12.2. The fraction of sp³-hybridized carbons (Fsp3) is 0.200. The van der Waals surface area contributed by atoms with Crippen LogP contribution in [0.3, 0.4) is 0 Å². The topological polar surface area (TPSA) is 130 Å². The lowest BCUT2D eigenvalue weighted by molar-refractivity contribution is -0.317. The van der Waals surface area contributed by atoms with E-state index in [0.29, 0.717) is 0 Å². The molecular weight excluding hydrogens is 368 g/mol. The monoisotopic (exact) mass is 385 g/mol. The first-order valence-corrected chi connectivity index (χ1v) is 8.18. The Morgan fingerprint density at radius 2 is 1.11 bits per heavy atom. The number of ether oxygens (including phenoxy) is 2. The minimum atomic E-state index is -2.33. The first-order chi connectivity index (χ1) is 13.2. The molecule has 0 heterocycles. The summed E-state index contributed by atoms with van der Waals surface area (Å²) in [6.45, 7) is 3.57. The second kappa shape index (κ2) is 8.81. The first kappa shape index (κ1) is 20.6. The molecule has 2 rings (SSSR count). The van der Waals surface area contributed by atoms with Gasteiger partial charge in [-0.05, 0) is 38.1 Å². The van der Waals surface area contributed by atoms with Crippen molar-refractivity contribution in [2.75, 3.05) is 0 Å². The Bertz CT molecular complexity index is 808. The fourth-order valence-corrected chi connectivity index (χ4v) is 2.22. The molecule has 8 nitrogen and oxygen atoms in total. The minimum Gasteiger partial charge on any atom is -0.546 e. The molecular formula is C20H17O8-. The van der Waals surface area contributed by atoms with E-state index in [1.54, 1.807) is 38.1 Å². The standard InChI is InChI=1S/C20H18O8/c1-11-3-7-13(8-4-11)19(25)27-15(17(21)22)16(18(23)24)28-20(26)14-9-5-12(2)6-10-14/h3-10,15-16H,1-2H3,(H,21,22)(H,23,24)/p-1/t15-,16+. The smallest absolute Gasteiger partial charge is 0.349 e. The lowest BCUT2D eigenvalue weighted by atomic mass is 10.1. The molecule has 0 fully saturated rings. The van der Waals surface area contributed by atoms with E-state index in [-0.39, 0.29) is 11.1 Å². The zero-order valence-corrected chi connectivity index (χ0v) is 15.1. The highest BCUT2D eigenvalue weighted by Gasteiger charge is 2.36. The number of hydrogen-bond acceptors (Lipinski definition) is 7. The van der Waals surface area contributed by atoms with Gasteiger partial charge in [-0.1, -0.05) is 35.4 Å². The van der Waals surface area contributed by atoms with Gasteiger partial charge in [-0.15, -0.1) is 0 Å². The molecule has 0 radical (unpaired) electrons. The van der Waals surface area contributed by atoms with Crippen LogP contribution in [0.1, 0.15) is 31.8 Å². The molecule has 2 aromatic carbocycles. The summed E-state index contributed by atoms with van der Waals surface area (Å²) in [5.74, 6) is -5.98. The summed E-state index contributed by atoms with van der Waals surface area (Å²) >= 11 is 0. The number of carboxylic acid groups (broad SMARTS) is 2. The Morgan fingerprint density at radius 1 is 0.750 bits per heavy atom. The van der Waals surface area contributed by atoms with Crippen LogP contribution in [0.2, 0.25) is 0 Å². The molecule has 0 saturated carbocycles. The van der Waals surface area contributed by atoms with Crippen LogP contribution in [0.4, 0.5) is 0 Å². The van der Waals surface area contributed by atoms with Gasteiger partial charge in [-0.2, -0.15) is 0 Å². The molecule has 0 bridgehead atoms. The van der Waals surface area contributed by atoms with Gasteiger partial charge < -0.3 is 24.5 Å². The zero-order valence-electron chi connectivity index (χ0n) is 15.1. The largest absolute Gasteiger partial charge is 0.546 e. The molecule has 0 saturated heterocycles. The number of rotatable bonds is 7. The highest BCUT2D eigenvalue weighted by molar-refractivity contribution is 5.95. The summed E-state index contributed by atoms with van der Waals surface area (Å²) in [7, 11) is 0. The predicted octanol–water partition coefficient (Wildman–Crippen LogP) is 0.889. The number of carbonyl (C=O) groups is 4. The van der Waals surface area contributed by atoms with Crippen LogP contribution in [0.5, 0.6) is 0 Å². The van der Waals surface area contributed by atoms with E-state index in [4.69, 9.17) is 9.47 Å². The van der Waals surface area contributed by atoms with Gasteiger partial charge in [0.15, 0.2) is 6.10 Å². The van der Waals surface area contributed by atoms with Gasteiger partial charge >= 0.3 is 17.9 Å². The van der Waals surface area contributed by atoms with Crippen molar-refractivity contribution < 1.29 is 38.9 Å². The number of aryl methyl sites for hydroxylation is 2. The van der Waals surface area contributed by atoms with Crippen molar-refractivity contribution in [2.45, 2.75) is 26.1 Å². The third-order valence-corrected chi connectivity index (χ3v) is 3.79. The van der Waals surface area contributed by atoms with E-state index >= 15 is 0 Å². The van der Waals surface area contributed by atoms with Gasteiger partial charge in [0.05, 0.1) is 17.1 Å². The van der Waals surface area contributed by atoms with Crippen LogP contribution < -0.4 is 5.11 Å². The van der Waals surface area contributed by atoms with Crippen LogP contribution in [0.25, 0.3) is 0 Å². The number of hydrogen-bond donors (Lipinski definition) is 1. The predicted molar refractivity (Wildman–Crippen MR) is 93.4 cm³/mol. The van der Waals surface area contributed by atoms with Gasteiger partial charge in [-0.3, -0.25) is 0 Å². The van der Waals surface area contributed by atoms with Gasteiger partial charge in [0.25, 0.3) is 0 Å². The van der Waals surface area contributed by atoms with Crippen LogP contribution >= 0.6 is 0 Å². The Balaban J connectivity index is 2.21. The highest BCUT2D eigenvalue weighted by Crippen LogP contribution is 2.14. The summed E-state index contributed by atoms with van der Waals surface area (Å²) in [5.41, 5.74) is 1.72. The molecule has 0 aromatic heterocycles. The Kier molecular flexibility index (Phi) is 6.49. The van der Waals surface area contributed by atoms with E-state index in [2.05, 4.69) is 0 Å². The Labute approximate surface area is 160 Å².